The van der Waals surface area contributed by atoms with Crippen LogP contribution in [-0.2, 0) is 0 Å². The van der Waals surface area contributed by atoms with Crippen molar-refractivity contribution in [3.05, 3.63) is 57.7 Å². The maximum Gasteiger partial charge on any atom is 0.195 e. The smallest absolute Gasteiger partial charge is 0.195 e. The van der Waals surface area contributed by atoms with Crippen molar-refractivity contribution in [2.75, 3.05) is 0 Å². The van der Waals surface area contributed by atoms with Gasteiger partial charge in [0.15, 0.2) is 5.43 Å². The normalized spacial score (nSPS) is 10.7. The Labute approximate surface area is 108 Å². The number of rotatable bonds is 0. The molecule has 1 aromatic heterocycles. The van der Waals surface area contributed by atoms with Crippen molar-refractivity contribution in [1.82, 2.24) is 0 Å². The van der Waals surface area contributed by atoms with Crippen LogP contribution in [0.2, 0.25) is 0 Å². The zero-order valence-corrected chi connectivity index (χ0v) is 10.5. The van der Waals surface area contributed by atoms with Crippen LogP contribution in [0.25, 0.3) is 20.2 Å². The van der Waals surface area contributed by atoms with Crippen molar-refractivity contribution in [3.8, 4) is 6.07 Å². The van der Waals surface area contributed by atoms with Crippen LogP contribution in [0, 0.1) is 18.3 Å². The van der Waals surface area contributed by atoms with Gasteiger partial charge in [-0.05, 0) is 42.8 Å². The lowest BCUT2D eigenvalue weighted by molar-refractivity contribution is 1.50. The Hall–Kier alpha value is -2.18. The van der Waals surface area contributed by atoms with Gasteiger partial charge >= 0.3 is 0 Å². The molecule has 0 unspecified atom stereocenters. The molecule has 0 spiro atoms. The van der Waals surface area contributed by atoms with Crippen LogP contribution in [0.3, 0.4) is 0 Å². The fraction of sp³-hybridized carbons (Fsp3) is 0.0667. The molecule has 3 heteroatoms. The standard InChI is InChI=1S/C15H9NOS/c1-9-2-4-11-13(6-9)18-14-7-10(8-16)3-5-12(14)15(11)17/h2-7H,1H3. The Morgan fingerprint density at radius 2 is 1.72 bits per heavy atom. The van der Waals surface area contributed by atoms with E-state index < -0.39 is 0 Å². The quantitative estimate of drug-likeness (QED) is 0.573. The van der Waals surface area contributed by atoms with Gasteiger partial charge in [-0.25, -0.2) is 0 Å². The maximum absolute atomic E-state index is 12.3. The number of nitrogens with zero attached hydrogens (tertiary/aromatic N) is 1. The SMILES string of the molecule is Cc1ccc2c(=O)c3ccc(C#N)cc3sc2c1. The molecule has 0 aliphatic heterocycles. The van der Waals surface area contributed by atoms with Gasteiger partial charge in [0.05, 0.1) is 11.6 Å². The Morgan fingerprint density at radius 3 is 2.44 bits per heavy atom. The van der Waals surface area contributed by atoms with Gasteiger partial charge in [0, 0.05) is 20.2 Å². The van der Waals surface area contributed by atoms with Gasteiger partial charge in [-0.3, -0.25) is 4.79 Å². The van der Waals surface area contributed by atoms with Crippen LogP contribution in [-0.4, -0.2) is 0 Å². The summed E-state index contributed by atoms with van der Waals surface area (Å²) in [6, 6.07) is 13.2. The summed E-state index contributed by atoms with van der Waals surface area (Å²) >= 11 is 1.56. The molecule has 0 aliphatic carbocycles. The highest BCUT2D eigenvalue weighted by atomic mass is 32.1. The van der Waals surface area contributed by atoms with Crippen molar-refractivity contribution in [2.45, 2.75) is 6.92 Å². The minimum atomic E-state index is 0.0447. The molecule has 3 rings (SSSR count). The first-order valence-electron chi connectivity index (χ1n) is 5.56. The zero-order chi connectivity index (χ0) is 12.7. The molecule has 18 heavy (non-hydrogen) atoms. The van der Waals surface area contributed by atoms with E-state index in [1.54, 1.807) is 29.5 Å². The molecular weight excluding hydrogens is 242 g/mol. The van der Waals surface area contributed by atoms with E-state index in [9.17, 15) is 4.79 Å². The van der Waals surface area contributed by atoms with Crippen LogP contribution in [0.5, 0.6) is 0 Å². The molecule has 2 aromatic carbocycles. The molecule has 0 saturated carbocycles. The van der Waals surface area contributed by atoms with Gasteiger partial charge in [0.1, 0.15) is 0 Å². The summed E-state index contributed by atoms with van der Waals surface area (Å²) in [6.07, 6.45) is 0. The molecule has 0 atom stereocenters. The van der Waals surface area contributed by atoms with Gasteiger partial charge in [-0.2, -0.15) is 5.26 Å². The Kier molecular flexibility index (Phi) is 2.39. The van der Waals surface area contributed by atoms with Crippen molar-refractivity contribution < 1.29 is 0 Å². The molecular formula is C15H9NOS. The second-order valence-corrected chi connectivity index (χ2v) is 5.34. The highest BCUT2D eigenvalue weighted by molar-refractivity contribution is 7.24. The van der Waals surface area contributed by atoms with Crippen LogP contribution in [0.4, 0.5) is 0 Å². The highest BCUT2D eigenvalue weighted by Crippen LogP contribution is 2.25. The third kappa shape index (κ3) is 1.59. The van der Waals surface area contributed by atoms with Crippen molar-refractivity contribution >= 4 is 31.5 Å². The number of aryl methyl sites for hydroxylation is 1. The second-order valence-electron chi connectivity index (χ2n) is 4.25. The Balaban J connectivity index is 2.53. The first-order chi connectivity index (χ1) is 8.69. The first-order valence-corrected chi connectivity index (χ1v) is 6.38. The molecule has 3 aromatic rings. The summed E-state index contributed by atoms with van der Waals surface area (Å²) in [7, 11) is 0. The fourth-order valence-corrected chi connectivity index (χ4v) is 3.24. The van der Waals surface area contributed by atoms with Crippen molar-refractivity contribution in [1.29, 1.82) is 5.26 Å². The van der Waals surface area contributed by atoms with E-state index in [0.717, 1.165) is 20.3 Å². The first kappa shape index (κ1) is 10.9. The van der Waals surface area contributed by atoms with E-state index in [1.807, 2.05) is 25.1 Å². The average molecular weight is 251 g/mol. The Morgan fingerprint density at radius 1 is 1.06 bits per heavy atom. The van der Waals surface area contributed by atoms with Crippen molar-refractivity contribution in [2.24, 2.45) is 0 Å². The summed E-state index contributed by atoms with van der Waals surface area (Å²) in [5.41, 5.74) is 1.77. The monoisotopic (exact) mass is 251 g/mol. The number of benzene rings is 2. The summed E-state index contributed by atoms with van der Waals surface area (Å²) in [5, 5.41) is 10.3. The van der Waals surface area contributed by atoms with E-state index in [-0.39, 0.29) is 5.43 Å². The van der Waals surface area contributed by atoms with Gasteiger partial charge in [-0.1, -0.05) is 6.07 Å². The van der Waals surface area contributed by atoms with Crippen LogP contribution in [0.1, 0.15) is 11.1 Å². The summed E-state index contributed by atoms with van der Waals surface area (Å²) in [5.74, 6) is 0. The lowest BCUT2D eigenvalue weighted by Crippen LogP contribution is -2.00. The minimum absolute atomic E-state index is 0.0447. The van der Waals surface area contributed by atoms with E-state index >= 15 is 0 Å². The molecule has 0 amide bonds. The van der Waals surface area contributed by atoms with Crippen LogP contribution >= 0.6 is 11.3 Å². The zero-order valence-electron chi connectivity index (χ0n) is 9.73. The van der Waals surface area contributed by atoms with Gasteiger partial charge < -0.3 is 0 Å². The largest absolute Gasteiger partial charge is 0.289 e. The molecule has 1 heterocycles. The average Bonchev–Trinajstić information content (AvgIpc) is 2.38. The topological polar surface area (TPSA) is 40.9 Å². The summed E-state index contributed by atoms with van der Waals surface area (Å²) in [4.78, 5) is 12.3. The molecule has 0 aliphatic rings. The number of fused-ring (bicyclic) bond motifs is 2. The predicted molar refractivity (Wildman–Crippen MR) is 75.1 cm³/mol. The van der Waals surface area contributed by atoms with E-state index in [0.29, 0.717) is 10.9 Å². The Bertz CT molecular complexity index is 871. The minimum Gasteiger partial charge on any atom is -0.289 e. The number of hydrogen-bond acceptors (Lipinski definition) is 3. The number of nitriles is 1. The lowest BCUT2D eigenvalue weighted by Gasteiger charge is -2.02. The lowest BCUT2D eigenvalue weighted by atomic mass is 10.1. The van der Waals surface area contributed by atoms with Gasteiger partial charge in [-0.15, -0.1) is 11.3 Å². The predicted octanol–water partition coefficient (Wildman–Crippen LogP) is 3.59. The van der Waals surface area contributed by atoms with E-state index in [1.165, 1.54) is 0 Å². The summed E-state index contributed by atoms with van der Waals surface area (Å²) in [6.45, 7) is 2.01. The molecule has 86 valence electrons. The molecule has 0 bridgehead atoms. The van der Waals surface area contributed by atoms with E-state index in [4.69, 9.17) is 5.26 Å². The molecule has 0 fully saturated rings. The highest BCUT2D eigenvalue weighted by Gasteiger charge is 2.06. The fourth-order valence-electron chi connectivity index (χ4n) is 2.03. The van der Waals surface area contributed by atoms with Gasteiger partial charge in [0.2, 0.25) is 0 Å². The number of hydrogen-bond donors (Lipinski definition) is 0. The van der Waals surface area contributed by atoms with E-state index in [2.05, 4.69) is 6.07 Å². The van der Waals surface area contributed by atoms with Crippen LogP contribution < -0.4 is 5.43 Å². The molecule has 2 nitrogen and oxygen atoms in total. The van der Waals surface area contributed by atoms with Crippen LogP contribution in [0.15, 0.2) is 41.2 Å². The third-order valence-electron chi connectivity index (χ3n) is 2.96. The second kappa shape index (κ2) is 3.94. The maximum atomic E-state index is 12.3. The molecule has 0 N–H and O–H groups in total. The molecule has 0 radical (unpaired) electrons. The van der Waals surface area contributed by atoms with Crippen molar-refractivity contribution in [3.63, 3.8) is 0 Å². The summed E-state index contributed by atoms with van der Waals surface area (Å²) < 4.78 is 1.85. The third-order valence-corrected chi connectivity index (χ3v) is 4.07. The molecule has 0 saturated heterocycles. The van der Waals surface area contributed by atoms with Gasteiger partial charge in [0.25, 0.3) is 0 Å².